The number of fused-ring (bicyclic) bond motifs is 1. The maximum atomic E-state index is 12.3. The Morgan fingerprint density at radius 1 is 1.27 bits per heavy atom. The van der Waals surface area contributed by atoms with E-state index < -0.39 is 5.60 Å². The Morgan fingerprint density at radius 3 is 2.69 bits per heavy atom. The van der Waals surface area contributed by atoms with E-state index in [2.05, 4.69) is 20.8 Å². The van der Waals surface area contributed by atoms with E-state index in [0.717, 1.165) is 16.9 Å². The number of hydrogen-bond acceptors (Lipinski definition) is 4. The summed E-state index contributed by atoms with van der Waals surface area (Å²) >= 11 is 5.36. The van der Waals surface area contributed by atoms with Crippen LogP contribution in [0.1, 0.15) is 32.0 Å². The van der Waals surface area contributed by atoms with Crippen LogP contribution in [0.15, 0.2) is 30.3 Å². The molecule has 0 fully saturated rings. The van der Waals surface area contributed by atoms with Crippen molar-refractivity contribution in [1.82, 2.24) is 15.1 Å². The predicted octanol–water partition coefficient (Wildman–Crippen LogP) is 3.51. The number of amides is 1. The molecular weight excluding hydrogens is 350 g/mol. The third-order valence-corrected chi connectivity index (χ3v) is 4.05. The minimum Gasteiger partial charge on any atom is -0.444 e. The normalized spacial score (nSPS) is 13.7. The lowest BCUT2D eigenvalue weighted by molar-refractivity contribution is 0.0224. The summed E-state index contributed by atoms with van der Waals surface area (Å²) in [4.78, 5) is 14.0. The van der Waals surface area contributed by atoms with Crippen LogP contribution in [0.4, 0.5) is 16.3 Å². The molecule has 8 heteroatoms. The van der Waals surface area contributed by atoms with Gasteiger partial charge in [-0.1, -0.05) is 18.2 Å². The Morgan fingerprint density at radius 2 is 2.00 bits per heavy atom. The number of hydrogen-bond donors (Lipinski definition) is 3. The monoisotopic (exact) mass is 373 g/mol. The lowest BCUT2D eigenvalue weighted by Crippen LogP contribution is -2.40. The number of ether oxygens (including phenoxy) is 1. The summed E-state index contributed by atoms with van der Waals surface area (Å²) in [6.45, 7) is 6.60. The zero-order valence-corrected chi connectivity index (χ0v) is 15.9. The van der Waals surface area contributed by atoms with Crippen molar-refractivity contribution < 1.29 is 9.53 Å². The Hall–Kier alpha value is -2.61. The summed E-state index contributed by atoms with van der Waals surface area (Å²) in [5, 5.41) is 14.0. The van der Waals surface area contributed by atoms with Crippen molar-refractivity contribution in [1.29, 1.82) is 0 Å². The number of benzene rings is 1. The Kier molecular flexibility index (Phi) is 5.13. The highest BCUT2D eigenvalue weighted by atomic mass is 32.1. The van der Waals surface area contributed by atoms with Crippen molar-refractivity contribution in [2.24, 2.45) is 0 Å². The molecule has 26 heavy (non-hydrogen) atoms. The van der Waals surface area contributed by atoms with Gasteiger partial charge in [-0.2, -0.15) is 5.10 Å². The first-order chi connectivity index (χ1) is 12.3. The van der Waals surface area contributed by atoms with E-state index in [9.17, 15) is 4.79 Å². The van der Waals surface area contributed by atoms with Crippen LogP contribution in [0.3, 0.4) is 0 Å². The van der Waals surface area contributed by atoms with Crippen molar-refractivity contribution in [2.75, 3.05) is 17.2 Å². The number of aromatic nitrogens is 2. The first-order valence-electron chi connectivity index (χ1n) is 8.49. The van der Waals surface area contributed by atoms with Gasteiger partial charge in [0.1, 0.15) is 5.60 Å². The second-order valence-electron chi connectivity index (χ2n) is 7.13. The van der Waals surface area contributed by atoms with E-state index in [-0.39, 0.29) is 6.09 Å². The van der Waals surface area contributed by atoms with Gasteiger partial charge in [0.05, 0.1) is 6.54 Å². The number of nitrogens with zero attached hydrogens (tertiary/aromatic N) is 2. The molecule has 1 aromatic heterocycles. The number of thiocarbonyl (C=S) groups is 1. The molecule has 0 saturated carbocycles. The van der Waals surface area contributed by atoms with E-state index >= 15 is 0 Å². The number of carbonyl (C=O) groups is 1. The van der Waals surface area contributed by atoms with Crippen LogP contribution in [0.5, 0.6) is 0 Å². The van der Waals surface area contributed by atoms with Crippen LogP contribution in [0, 0.1) is 0 Å². The molecule has 0 bridgehead atoms. The third kappa shape index (κ3) is 4.51. The van der Waals surface area contributed by atoms with Gasteiger partial charge >= 0.3 is 6.09 Å². The number of nitrogens with one attached hydrogen (secondary N) is 3. The number of anilines is 2. The van der Waals surface area contributed by atoms with Gasteiger partial charge in [0.2, 0.25) is 0 Å². The molecule has 0 atom stereocenters. The minimum absolute atomic E-state index is 0.319. The van der Waals surface area contributed by atoms with Crippen LogP contribution in [-0.4, -0.2) is 38.4 Å². The van der Waals surface area contributed by atoms with E-state index in [0.29, 0.717) is 30.4 Å². The van der Waals surface area contributed by atoms with Gasteiger partial charge in [0.25, 0.3) is 0 Å². The molecule has 0 spiro atoms. The van der Waals surface area contributed by atoms with Crippen LogP contribution >= 0.6 is 12.2 Å². The summed E-state index contributed by atoms with van der Waals surface area (Å²) < 4.78 is 5.47. The SMILES string of the molecule is CC(C)(C)OC(=O)N1CCc2[nH]nc(NC(=S)Nc3ccccc3)c2C1. The molecular formula is C18H23N5O2S. The largest absolute Gasteiger partial charge is 0.444 e. The molecule has 7 nitrogen and oxygen atoms in total. The fourth-order valence-electron chi connectivity index (χ4n) is 2.67. The molecule has 2 heterocycles. The topological polar surface area (TPSA) is 82.3 Å². The highest BCUT2D eigenvalue weighted by Gasteiger charge is 2.28. The second kappa shape index (κ2) is 7.33. The highest BCUT2D eigenvalue weighted by molar-refractivity contribution is 7.80. The molecule has 0 saturated heterocycles. The summed E-state index contributed by atoms with van der Waals surface area (Å²) in [6.07, 6.45) is 0.377. The average Bonchev–Trinajstić information content (AvgIpc) is 2.96. The van der Waals surface area contributed by atoms with Crippen LogP contribution in [-0.2, 0) is 17.7 Å². The van der Waals surface area contributed by atoms with Gasteiger partial charge in [0, 0.05) is 29.9 Å². The Balaban J connectivity index is 1.66. The minimum atomic E-state index is -0.518. The molecule has 1 aromatic carbocycles. The summed E-state index contributed by atoms with van der Waals surface area (Å²) in [5.41, 5.74) is 2.31. The van der Waals surface area contributed by atoms with E-state index in [4.69, 9.17) is 17.0 Å². The summed E-state index contributed by atoms with van der Waals surface area (Å²) in [7, 11) is 0. The van der Waals surface area contributed by atoms with Crippen molar-refractivity contribution in [3.05, 3.63) is 41.6 Å². The maximum absolute atomic E-state index is 12.3. The van der Waals surface area contributed by atoms with Gasteiger partial charge < -0.3 is 20.3 Å². The number of H-pyrrole nitrogens is 1. The summed E-state index contributed by atoms with van der Waals surface area (Å²) in [6, 6.07) is 9.66. The highest BCUT2D eigenvalue weighted by Crippen LogP contribution is 2.25. The van der Waals surface area contributed by atoms with Crippen molar-refractivity contribution >= 4 is 34.9 Å². The van der Waals surface area contributed by atoms with Crippen molar-refractivity contribution in [3.63, 3.8) is 0 Å². The number of aromatic amines is 1. The first kappa shape index (κ1) is 18.2. The average molecular weight is 373 g/mol. The summed E-state index contributed by atoms with van der Waals surface area (Å²) in [5.74, 6) is 0.627. The first-order valence-corrected chi connectivity index (χ1v) is 8.90. The standard InChI is InChI=1S/C18H23N5O2S/c1-18(2,3)25-17(24)23-10-9-14-13(11-23)15(22-21-14)20-16(26)19-12-7-5-4-6-8-12/h4-8H,9-11H2,1-3H3,(H3,19,20,21,22,26). The van der Waals surface area contributed by atoms with Crippen LogP contribution in [0.2, 0.25) is 0 Å². The van der Waals surface area contributed by atoms with E-state index in [1.165, 1.54) is 0 Å². The van der Waals surface area contributed by atoms with E-state index in [1.54, 1.807) is 4.90 Å². The van der Waals surface area contributed by atoms with Gasteiger partial charge in [-0.3, -0.25) is 5.10 Å². The molecule has 0 aliphatic carbocycles. The fraction of sp³-hybridized carbons (Fsp3) is 0.389. The number of para-hydroxylation sites is 1. The number of rotatable bonds is 2. The van der Waals surface area contributed by atoms with Crippen LogP contribution in [0.25, 0.3) is 0 Å². The smallest absolute Gasteiger partial charge is 0.410 e. The van der Waals surface area contributed by atoms with Crippen molar-refractivity contribution in [2.45, 2.75) is 39.3 Å². The zero-order valence-electron chi connectivity index (χ0n) is 15.1. The van der Waals surface area contributed by atoms with Gasteiger partial charge in [-0.05, 0) is 45.1 Å². The molecule has 3 N–H and O–H groups in total. The van der Waals surface area contributed by atoms with Gasteiger partial charge in [-0.25, -0.2) is 4.79 Å². The zero-order chi connectivity index (χ0) is 18.7. The molecule has 2 aromatic rings. The quantitative estimate of drug-likeness (QED) is 0.699. The molecule has 1 amide bonds. The molecule has 0 radical (unpaired) electrons. The third-order valence-electron chi connectivity index (χ3n) is 3.85. The fourth-order valence-corrected chi connectivity index (χ4v) is 2.89. The van der Waals surface area contributed by atoms with Gasteiger partial charge in [-0.15, -0.1) is 0 Å². The Bertz CT molecular complexity index is 798. The molecule has 3 rings (SSSR count). The van der Waals surface area contributed by atoms with Crippen LogP contribution < -0.4 is 10.6 Å². The Labute approximate surface area is 158 Å². The lowest BCUT2D eigenvalue weighted by atomic mass is 10.1. The van der Waals surface area contributed by atoms with E-state index in [1.807, 2.05) is 51.1 Å². The lowest BCUT2D eigenvalue weighted by Gasteiger charge is -2.30. The van der Waals surface area contributed by atoms with Gasteiger partial charge in [0.15, 0.2) is 10.9 Å². The molecule has 138 valence electrons. The molecule has 1 aliphatic rings. The maximum Gasteiger partial charge on any atom is 0.410 e. The molecule has 1 aliphatic heterocycles. The predicted molar refractivity (Wildman–Crippen MR) is 105 cm³/mol. The molecule has 0 unspecified atom stereocenters. The second-order valence-corrected chi connectivity index (χ2v) is 7.53. The number of carbonyl (C=O) groups excluding carboxylic acids is 1. The van der Waals surface area contributed by atoms with Crippen molar-refractivity contribution in [3.8, 4) is 0 Å².